The minimum absolute atomic E-state index is 0.393. The van der Waals surface area contributed by atoms with Crippen molar-refractivity contribution in [3.8, 4) is 11.8 Å². The van der Waals surface area contributed by atoms with Crippen LogP contribution in [0, 0.1) is 18.8 Å². The Balaban J connectivity index is 2.52. The first-order valence-electron chi connectivity index (χ1n) is 4.86. The SMILES string of the molecule is Cc1ccc2cc(C#CCN)ccc2n1. The maximum Gasteiger partial charge on any atom is 0.0706 e. The minimum Gasteiger partial charge on any atom is -0.320 e. The first-order chi connectivity index (χ1) is 7.29. The largest absolute Gasteiger partial charge is 0.320 e. The molecule has 0 unspecified atom stereocenters. The number of rotatable bonds is 0. The van der Waals surface area contributed by atoms with Gasteiger partial charge in [0.1, 0.15) is 0 Å². The predicted octanol–water partition coefficient (Wildman–Crippen LogP) is 1.85. The van der Waals surface area contributed by atoms with Gasteiger partial charge in [-0.3, -0.25) is 4.98 Å². The second-order valence-electron chi connectivity index (χ2n) is 3.37. The van der Waals surface area contributed by atoms with Crippen LogP contribution in [0.25, 0.3) is 10.9 Å². The van der Waals surface area contributed by atoms with E-state index in [0.717, 1.165) is 22.2 Å². The van der Waals surface area contributed by atoms with Crippen LogP contribution in [0.2, 0.25) is 0 Å². The van der Waals surface area contributed by atoms with E-state index in [9.17, 15) is 0 Å². The molecule has 0 saturated heterocycles. The van der Waals surface area contributed by atoms with Crippen molar-refractivity contribution in [2.24, 2.45) is 5.73 Å². The zero-order valence-corrected chi connectivity index (χ0v) is 8.62. The van der Waals surface area contributed by atoms with E-state index in [1.807, 2.05) is 31.2 Å². The van der Waals surface area contributed by atoms with Crippen molar-refractivity contribution in [2.75, 3.05) is 6.54 Å². The Morgan fingerprint density at radius 3 is 2.93 bits per heavy atom. The van der Waals surface area contributed by atoms with Crippen molar-refractivity contribution < 1.29 is 0 Å². The third-order valence-corrected chi connectivity index (χ3v) is 2.16. The quantitative estimate of drug-likeness (QED) is 0.653. The molecule has 0 aliphatic carbocycles. The summed E-state index contributed by atoms with van der Waals surface area (Å²) < 4.78 is 0. The third kappa shape index (κ3) is 2.15. The summed E-state index contributed by atoms with van der Waals surface area (Å²) in [5, 5.41) is 1.12. The lowest BCUT2D eigenvalue weighted by atomic mass is 10.1. The molecule has 0 amide bonds. The summed E-state index contributed by atoms with van der Waals surface area (Å²) >= 11 is 0. The zero-order valence-electron chi connectivity index (χ0n) is 8.62. The summed E-state index contributed by atoms with van der Waals surface area (Å²) in [5.74, 6) is 5.85. The van der Waals surface area contributed by atoms with Gasteiger partial charge in [0.2, 0.25) is 0 Å². The Morgan fingerprint density at radius 2 is 2.13 bits per heavy atom. The molecule has 2 aromatic rings. The molecule has 0 bridgehead atoms. The van der Waals surface area contributed by atoms with Gasteiger partial charge in [-0.15, -0.1) is 0 Å². The van der Waals surface area contributed by atoms with Crippen molar-refractivity contribution in [1.82, 2.24) is 4.98 Å². The van der Waals surface area contributed by atoms with Gasteiger partial charge in [0.25, 0.3) is 0 Å². The van der Waals surface area contributed by atoms with E-state index in [2.05, 4.69) is 22.9 Å². The number of nitrogens with two attached hydrogens (primary N) is 1. The Bertz CT molecular complexity index is 547. The highest BCUT2D eigenvalue weighted by atomic mass is 14.7. The lowest BCUT2D eigenvalue weighted by Gasteiger charge is -1.99. The van der Waals surface area contributed by atoms with Crippen molar-refractivity contribution in [2.45, 2.75) is 6.92 Å². The fourth-order valence-corrected chi connectivity index (χ4v) is 1.46. The average Bonchev–Trinajstić information content (AvgIpc) is 2.26. The van der Waals surface area contributed by atoms with Crippen molar-refractivity contribution in [3.05, 3.63) is 41.6 Å². The van der Waals surface area contributed by atoms with E-state index in [1.54, 1.807) is 0 Å². The van der Waals surface area contributed by atoms with Gasteiger partial charge in [-0.25, -0.2) is 0 Å². The number of benzene rings is 1. The van der Waals surface area contributed by atoms with Gasteiger partial charge in [-0.1, -0.05) is 17.9 Å². The van der Waals surface area contributed by atoms with E-state index in [1.165, 1.54) is 0 Å². The Kier molecular flexibility index (Phi) is 2.66. The summed E-state index contributed by atoms with van der Waals surface area (Å²) in [6.45, 7) is 2.38. The highest BCUT2D eigenvalue weighted by molar-refractivity contribution is 5.80. The van der Waals surface area contributed by atoms with Crippen LogP contribution in [0.3, 0.4) is 0 Å². The molecule has 0 atom stereocenters. The maximum absolute atomic E-state index is 5.32. The molecule has 2 nitrogen and oxygen atoms in total. The molecular weight excluding hydrogens is 184 g/mol. The van der Waals surface area contributed by atoms with Crippen LogP contribution in [0.4, 0.5) is 0 Å². The molecule has 0 saturated carbocycles. The summed E-state index contributed by atoms with van der Waals surface area (Å²) in [6.07, 6.45) is 0. The number of hydrogen-bond acceptors (Lipinski definition) is 2. The molecule has 1 heterocycles. The maximum atomic E-state index is 5.32. The minimum atomic E-state index is 0.393. The summed E-state index contributed by atoms with van der Waals surface area (Å²) in [7, 11) is 0. The van der Waals surface area contributed by atoms with E-state index in [-0.39, 0.29) is 0 Å². The normalized spacial score (nSPS) is 9.73. The average molecular weight is 196 g/mol. The number of nitrogens with zero attached hydrogens (tertiary/aromatic N) is 1. The van der Waals surface area contributed by atoms with Crippen LogP contribution in [-0.4, -0.2) is 11.5 Å². The highest BCUT2D eigenvalue weighted by Crippen LogP contribution is 2.13. The highest BCUT2D eigenvalue weighted by Gasteiger charge is 1.95. The first-order valence-corrected chi connectivity index (χ1v) is 4.86. The van der Waals surface area contributed by atoms with E-state index in [0.29, 0.717) is 6.54 Å². The number of aromatic nitrogens is 1. The van der Waals surface area contributed by atoms with Gasteiger partial charge in [0.05, 0.1) is 12.1 Å². The van der Waals surface area contributed by atoms with Gasteiger partial charge in [-0.2, -0.15) is 0 Å². The molecule has 0 fully saturated rings. The van der Waals surface area contributed by atoms with E-state index in [4.69, 9.17) is 5.73 Å². The fourth-order valence-electron chi connectivity index (χ4n) is 1.46. The Labute approximate surface area is 89.1 Å². The number of hydrogen-bond donors (Lipinski definition) is 1. The monoisotopic (exact) mass is 196 g/mol. The van der Waals surface area contributed by atoms with Gasteiger partial charge in [0.15, 0.2) is 0 Å². The molecule has 2 rings (SSSR count). The molecular formula is C13H12N2. The van der Waals surface area contributed by atoms with Crippen LogP contribution in [0.15, 0.2) is 30.3 Å². The first kappa shape index (κ1) is 9.70. The van der Waals surface area contributed by atoms with E-state index < -0.39 is 0 Å². The molecule has 1 aromatic heterocycles. The molecule has 2 N–H and O–H groups in total. The molecule has 0 aliphatic heterocycles. The third-order valence-electron chi connectivity index (χ3n) is 2.16. The molecule has 74 valence electrons. The van der Waals surface area contributed by atoms with Crippen LogP contribution in [0.5, 0.6) is 0 Å². The topological polar surface area (TPSA) is 38.9 Å². The van der Waals surface area contributed by atoms with Crippen LogP contribution >= 0.6 is 0 Å². The smallest absolute Gasteiger partial charge is 0.0706 e. The van der Waals surface area contributed by atoms with Crippen LogP contribution in [-0.2, 0) is 0 Å². The van der Waals surface area contributed by atoms with Gasteiger partial charge in [0, 0.05) is 16.6 Å². The lowest BCUT2D eigenvalue weighted by molar-refractivity contribution is 1.25. The van der Waals surface area contributed by atoms with Gasteiger partial charge >= 0.3 is 0 Å². The summed E-state index contributed by atoms with van der Waals surface area (Å²) in [6, 6.07) is 10.1. The predicted molar refractivity (Wildman–Crippen MR) is 62.4 cm³/mol. The molecule has 15 heavy (non-hydrogen) atoms. The summed E-state index contributed by atoms with van der Waals surface area (Å²) in [4.78, 5) is 4.42. The molecule has 0 aliphatic rings. The van der Waals surface area contributed by atoms with Gasteiger partial charge < -0.3 is 5.73 Å². The zero-order chi connectivity index (χ0) is 10.7. The number of aryl methyl sites for hydroxylation is 1. The van der Waals surface area contributed by atoms with Crippen LogP contribution in [0.1, 0.15) is 11.3 Å². The Morgan fingerprint density at radius 1 is 1.27 bits per heavy atom. The van der Waals surface area contributed by atoms with Gasteiger partial charge in [-0.05, 0) is 31.2 Å². The van der Waals surface area contributed by atoms with Crippen molar-refractivity contribution >= 4 is 10.9 Å². The molecule has 0 spiro atoms. The lowest BCUT2D eigenvalue weighted by Crippen LogP contribution is -1.93. The summed E-state index contributed by atoms with van der Waals surface area (Å²) in [5.41, 5.74) is 8.35. The Hall–Kier alpha value is -1.85. The van der Waals surface area contributed by atoms with E-state index >= 15 is 0 Å². The molecule has 1 aromatic carbocycles. The van der Waals surface area contributed by atoms with Crippen molar-refractivity contribution in [1.29, 1.82) is 0 Å². The molecule has 0 radical (unpaired) electrons. The van der Waals surface area contributed by atoms with Crippen molar-refractivity contribution in [3.63, 3.8) is 0 Å². The fraction of sp³-hybridized carbons (Fsp3) is 0.154. The molecule has 2 heteroatoms. The standard InChI is InChI=1S/C13H12N2/c1-10-4-6-12-9-11(3-2-8-14)5-7-13(12)15-10/h4-7,9H,8,14H2,1H3. The second kappa shape index (κ2) is 4.12. The number of fused-ring (bicyclic) bond motifs is 1. The number of pyridine rings is 1. The van der Waals surface area contributed by atoms with Crippen LogP contribution < -0.4 is 5.73 Å². The second-order valence-corrected chi connectivity index (χ2v) is 3.37.